The number of carbonyl (C=O) groups is 1. The Morgan fingerprint density at radius 2 is 1.07 bits per heavy atom. The number of nitrogens with two attached hydrogens (primary N) is 2. The molecule has 2 saturated heterocycles. The van der Waals surface area contributed by atoms with Gasteiger partial charge in [0.2, 0.25) is 0 Å². The number of nitrogens with one attached hydrogen (secondary N) is 1. The number of nitrogen functional groups attached to an aromatic ring is 2. The van der Waals surface area contributed by atoms with Gasteiger partial charge < -0.3 is 26.4 Å². The average Bonchev–Trinajstić information content (AvgIpc) is 4.12. The predicted octanol–water partition coefficient (Wildman–Crippen LogP) is 8.52. The molecule has 1 amide bonds. The molecule has 376 valence electrons. The largest absolute Gasteiger partial charge is 0.444 e. The normalized spacial score (nSPS) is 16.3. The van der Waals surface area contributed by atoms with E-state index in [9.17, 15) is 21.6 Å². The van der Waals surface area contributed by atoms with Crippen LogP contribution in [-0.2, 0) is 24.4 Å². The number of anilines is 2. The maximum atomic E-state index is 13.5. The van der Waals surface area contributed by atoms with Crippen molar-refractivity contribution in [1.82, 2.24) is 50.5 Å². The number of ether oxygens (including phenoxy) is 1. The Bertz CT molecular complexity index is 3440. The van der Waals surface area contributed by atoms with Crippen LogP contribution in [0, 0.1) is 0 Å². The molecule has 73 heavy (non-hydrogen) atoms. The molecule has 0 aliphatic carbocycles. The maximum absolute atomic E-state index is 13.5. The fraction of sp³-hybridized carbons (Fsp3) is 0.275. The lowest BCUT2D eigenvalue weighted by Crippen LogP contribution is -2.47. The highest BCUT2D eigenvalue weighted by atomic mass is 32.2. The topological polar surface area (TPSA) is 265 Å². The van der Waals surface area contributed by atoms with E-state index >= 15 is 0 Å². The van der Waals surface area contributed by atoms with E-state index in [2.05, 4.69) is 45.6 Å². The zero-order chi connectivity index (χ0) is 51.3. The number of benzene rings is 4. The van der Waals surface area contributed by atoms with Crippen molar-refractivity contribution in [3.63, 3.8) is 0 Å². The van der Waals surface area contributed by atoms with Gasteiger partial charge in [-0.15, -0.1) is 20.4 Å². The Morgan fingerprint density at radius 3 is 1.52 bits per heavy atom. The summed E-state index contributed by atoms with van der Waals surface area (Å²) >= 11 is 2.75. The molecule has 4 aromatic carbocycles. The summed E-state index contributed by atoms with van der Waals surface area (Å²) in [6, 6.07) is 32.8. The quantitative estimate of drug-likeness (QED) is 0.116. The first-order valence-corrected chi connectivity index (χ1v) is 28.2. The molecule has 2 aliphatic heterocycles. The summed E-state index contributed by atoms with van der Waals surface area (Å²) < 4.78 is 58.2. The average molecular weight is 1060 g/mol. The maximum Gasteiger partial charge on any atom is 0.410 e. The first-order chi connectivity index (χ1) is 35.0. The number of hydrogen-bond acceptors (Lipinski definition) is 19. The van der Waals surface area contributed by atoms with Crippen molar-refractivity contribution < 1.29 is 26.4 Å². The van der Waals surface area contributed by atoms with Gasteiger partial charge >= 0.3 is 6.09 Å². The summed E-state index contributed by atoms with van der Waals surface area (Å²) in [5.74, 6) is 0.490. The van der Waals surface area contributed by atoms with E-state index < -0.39 is 41.9 Å². The molecule has 0 radical (unpaired) electrons. The van der Waals surface area contributed by atoms with Crippen molar-refractivity contribution in [2.45, 2.75) is 72.3 Å². The summed E-state index contributed by atoms with van der Waals surface area (Å²) in [5, 5.41) is 21.7. The van der Waals surface area contributed by atoms with Crippen LogP contribution >= 0.6 is 22.7 Å². The number of aromatic nitrogens is 8. The summed E-state index contributed by atoms with van der Waals surface area (Å²) in [6.07, 6.45) is 5.23. The van der Waals surface area contributed by atoms with Crippen molar-refractivity contribution in [1.29, 1.82) is 0 Å². The number of sulfone groups is 2. The van der Waals surface area contributed by atoms with Crippen LogP contribution < -0.4 is 16.8 Å². The molecular weight excluding hydrogens is 1000 g/mol. The lowest BCUT2D eigenvalue weighted by molar-refractivity contribution is 0.0219. The molecule has 0 bridgehead atoms. The van der Waals surface area contributed by atoms with Crippen molar-refractivity contribution in [2.75, 3.05) is 37.6 Å². The molecule has 2 atom stereocenters. The van der Waals surface area contributed by atoms with Gasteiger partial charge in [-0.05, 0) is 77.3 Å². The van der Waals surface area contributed by atoms with Gasteiger partial charge in [-0.2, -0.15) is 0 Å². The smallest absolute Gasteiger partial charge is 0.410 e. The monoisotopic (exact) mass is 1060 g/mol. The fourth-order valence-corrected chi connectivity index (χ4v) is 13.4. The molecular formula is C51H52N12O6S4. The molecule has 5 N–H and O–H groups in total. The lowest BCUT2D eigenvalue weighted by Gasteiger charge is -2.33. The summed E-state index contributed by atoms with van der Waals surface area (Å²) in [5.41, 5.74) is 16.9. The molecule has 18 nitrogen and oxygen atoms in total. The minimum Gasteiger partial charge on any atom is -0.444 e. The molecule has 2 unspecified atom stereocenters. The van der Waals surface area contributed by atoms with Crippen LogP contribution in [0.5, 0.6) is 0 Å². The molecule has 22 heteroatoms. The van der Waals surface area contributed by atoms with Crippen LogP contribution in [-0.4, -0.2) is 110 Å². The van der Waals surface area contributed by atoms with Crippen molar-refractivity contribution in [3.8, 4) is 65.1 Å². The summed E-state index contributed by atoms with van der Waals surface area (Å²) in [4.78, 5) is 32.4. The van der Waals surface area contributed by atoms with E-state index in [1.165, 1.54) is 27.6 Å². The second-order valence-corrected chi connectivity index (χ2v) is 24.7. The van der Waals surface area contributed by atoms with Crippen LogP contribution in [0.15, 0.2) is 131 Å². The highest BCUT2D eigenvalue weighted by Crippen LogP contribution is 2.35. The highest BCUT2D eigenvalue weighted by Gasteiger charge is 2.36. The lowest BCUT2D eigenvalue weighted by atomic mass is 10.1. The Labute approximate surface area is 431 Å². The van der Waals surface area contributed by atoms with E-state index in [4.69, 9.17) is 16.2 Å². The van der Waals surface area contributed by atoms with Gasteiger partial charge in [0, 0.05) is 41.9 Å². The number of piperidine rings is 2. The summed E-state index contributed by atoms with van der Waals surface area (Å²) in [7, 11) is -7.05. The number of likely N-dealkylation sites (tertiary alicyclic amines) is 1. The molecule has 0 saturated carbocycles. The standard InChI is InChI=1S/C28H30N6O4S2.C23H22N6O2S2/c1-28(2,3)38-27(35)34-15-7-10-21(17-34)40(36,37)20-13-11-18(12-14-20)22-16-30-24(29)23(31-22)26-33-32-25(39-26)19-8-5-4-6-9-19;24-21-20(23-29-28-22(32-23)16-5-2-1-3-6-16)27-19(14-26-21)15-8-10-17(11-9-15)33(30,31)18-7-4-12-25-13-18/h4-6,8-9,11-14,16,21H,7,10,15,17H2,1-3H3,(H2,29,30);1-3,5-6,8-11,14,18,25H,4,7,12-13H2,(H2,24,26). The van der Waals surface area contributed by atoms with Gasteiger partial charge in [0.15, 0.2) is 41.3 Å². The number of hydrogen-bond donors (Lipinski definition) is 3. The Morgan fingerprint density at radius 1 is 0.616 bits per heavy atom. The highest BCUT2D eigenvalue weighted by molar-refractivity contribution is 7.92. The summed E-state index contributed by atoms with van der Waals surface area (Å²) in [6.45, 7) is 7.28. The number of carbonyl (C=O) groups excluding carboxylic acids is 1. The fourth-order valence-electron chi connectivity index (χ4n) is 8.21. The van der Waals surface area contributed by atoms with Gasteiger partial charge in [-0.3, -0.25) is 0 Å². The Balaban J connectivity index is 0.000000183. The molecule has 8 aromatic rings. The minimum absolute atomic E-state index is 0.0958. The third-order valence-corrected chi connectivity index (χ3v) is 18.4. The van der Waals surface area contributed by atoms with Crippen molar-refractivity contribution in [2.24, 2.45) is 0 Å². The molecule has 0 spiro atoms. The predicted molar refractivity (Wildman–Crippen MR) is 284 cm³/mol. The van der Waals surface area contributed by atoms with E-state index in [0.717, 1.165) is 39.7 Å². The molecule has 2 aliphatic rings. The van der Waals surface area contributed by atoms with Crippen molar-refractivity contribution in [3.05, 3.63) is 122 Å². The van der Waals surface area contributed by atoms with Crippen LogP contribution in [0.1, 0.15) is 46.5 Å². The zero-order valence-electron chi connectivity index (χ0n) is 40.1. The Hall–Kier alpha value is -7.11. The van der Waals surface area contributed by atoms with Gasteiger partial charge in [-0.25, -0.2) is 41.6 Å². The third-order valence-electron chi connectivity index (χ3n) is 12.0. The Kier molecular flexibility index (Phi) is 15.0. The SMILES string of the molecule is CC(C)(C)OC(=O)N1CCCC(S(=O)(=O)c2ccc(-c3cnc(N)c(-c4nnc(-c5ccccc5)s4)n3)cc2)C1.Nc1ncc(-c2ccc(S(=O)(=O)C3CCCNC3)cc2)nc1-c1nnc(-c2ccccc2)s1. The molecule has 10 rings (SSSR count). The van der Waals surface area contributed by atoms with Gasteiger partial charge in [-0.1, -0.05) is 108 Å². The van der Waals surface area contributed by atoms with Gasteiger partial charge in [0.25, 0.3) is 0 Å². The zero-order valence-corrected chi connectivity index (χ0v) is 43.4. The number of rotatable bonds is 10. The molecule has 2 fully saturated rings. The second kappa shape index (κ2) is 21.5. The van der Waals surface area contributed by atoms with Gasteiger partial charge in [0.05, 0.1) is 44.1 Å². The number of nitrogens with zero attached hydrogens (tertiary/aromatic N) is 9. The van der Waals surface area contributed by atoms with Crippen LogP contribution in [0.25, 0.3) is 65.1 Å². The first kappa shape index (κ1) is 50.8. The molecule has 4 aromatic heterocycles. The number of amides is 1. The van der Waals surface area contributed by atoms with Crippen LogP contribution in [0.4, 0.5) is 16.4 Å². The van der Waals surface area contributed by atoms with Crippen molar-refractivity contribution >= 4 is 60.1 Å². The van der Waals surface area contributed by atoms with Gasteiger partial charge in [0.1, 0.15) is 27.0 Å². The molecule has 6 heterocycles. The third kappa shape index (κ3) is 11.7. The van der Waals surface area contributed by atoms with E-state index in [1.54, 1.807) is 81.7 Å². The van der Waals surface area contributed by atoms with Crippen LogP contribution in [0.2, 0.25) is 0 Å². The van der Waals surface area contributed by atoms with E-state index in [-0.39, 0.29) is 23.1 Å². The van der Waals surface area contributed by atoms with E-state index in [1.807, 2.05) is 60.7 Å². The minimum atomic E-state index is -3.67. The second-order valence-electron chi connectivity index (χ2n) is 18.3. The first-order valence-electron chi connectivity index (χ1n) is 23.4. The van der Waals surface area contributed by atoms with Crippen LogP contribution in [0.3, 0.4) is 0 Å². The van der Waals surface area contributed by atoms with E-state index in [0.29, 0.717) is 75.6 Å².